The fourth-order valence-electron chi connectivity index (χ4n) is 3.27. The van der Waals surface area contributed by atoms with E-state index in [4.69, 9.17) is 9.47 Å². The van der Waals surface area contributed by atoms with Gasteiger partial charge in [0.1, 0.15) is 5.82 Å². The second-order valence-corrected chi connectivity index (χ2v) is 6.80. The number of halogens is 1. The van der Waals surface area contributed by atoms with E-state index in [9.17, 15) is 9.59 Å². The highest BCUT2D eigenvalue weighted by atomic mass is 35.5. The van der Waals surface area contributed by atoms with Gasteiger partial charge in [-0.15, -0.1) is 12.4 Å². The first kappa shape index (κ1) is 22.0. The Kier molecular flexibility index (Phi) is 7.26. The van der Waals surface area contributed by atoms with Gasteiger partial charge in [-0.3, -0.25) is 9.59 Å². The van der Waals surface area contributed by atoms with E-state index in [0.717, 1.165) is 13.1 Å². The van der Waals surface area contributed by atoms with Gasteiger partial charge in [0, 0.05) is 18.5 Å². The van der Waals surface area contributed by atoms with Gasteiger partial charge in [0.2, 0.25) is 5.91 Å². The highest BCUT2D eigenvalue weighted by Crippen LogP contribution is 2.30. The minimum Gasteiger partial charge on any atom is -0.493 e. The van der Waals surface area contributed by atoms with E-state index in [0.29, 0.717) is 40.7 Å². The summed E-state index contributed by atoms with van der Waals surface area (Å²) in [5.41, 5.74) is 0.238. The number of benzene rings is 1. The van der Waals surface area contributed by atoms with E-state index in [1.165, 1.54) is 14.2 Å². The van der Waals surface area contributed by atoms with Crippen LogP contribution in [0.15, 0.2) is 16.9 Å². The molecule has 0 aliphatic carbocycles. The molecule has 1 atom stereocenters. The van der Waals surface area contributed by atoms with Crippen molar-refractivity contribution in [2.75, 3.05) is 33.9 Å². The molecule has 1 aliphatic rings. The van der Waals surface area contributed by atoms with Gasteiger partial charge >= 0.3 is 0 Å². The molecule has 0 saturated carbocycles. The second-order valence-electron chi connectivity index (χ2n) is 6.80. The number of nitrogens with zero attached hydrogens (tertiary/aromatic N) is 2. The van der Waals surface area contributed by atoms with Crippen LogP contribution in [0.5, 0.6) is 11.5 Å². The van der Waals surface area contributed by atoms with Crippen LogP contribution < -0.4 is 20.3 Å². The predicted octanol–water partition coefficient (Wildman–Crippen LogP) is 1.57. The number of rotatable bonds is 7. The van der Waals surface area contributed by atoms with Crippen molar-refractivity contribution in [1.82, 2.24) is 20.2 Å². The standard InChI is InChI=1S/C19H26N4O4.ClH/c1-5-23(19(25)11(2)12-8-20-9-12)10-17-21-14-7-16(27-4)15(26-3)6-13(14)18(24)22-17;/h6-7,11-12,20H,5,8-10H2,1-4H3,(H,21,22,24);1H. The summed E-state index contributed by atoms with van der Waals surface area (Å²) in [6.07, 6.45) is 0. The summed E-state index contributed by atoms with van der Waals surface area (Å²) in [4.78, 5) is 34.3. The SMILES string of the molecule is CCN(Cc1nc2cc(OC)c(OC)cc2c(=O)[nH]1)C(=O)C(C)C1CNC1.Cl. The summed E-state index contributed by atoms with van der Waals surface area (Å²) in [6, 6.07) is 3.28. The lowest BCUT2D eigenvalue weighted by Gasteiger charge is -2.34. The van der Waals surface area contributed by atoms with Crippen LogP contribution in [-0.4, -0.2) is 54.6 Å². The lowest BCUT2D eigenvalue weighted by atomic mass is 9.88. The number of hydrogen-bond acceptors (Lipinski definition) is 6. The smallest absolute Gasteiger partial charge is 0.258 e. The summed E-state index contributed by atoms with van der Waals surface area (Å²) < 4.78 is 10.5. The van der Waals surface area contributed by atoms with E-state index in [2.05, 4.69) is 15.3 Å². The van der Waals surface area contributed by atoms with Crippen molar-refractivity contribution < 1.29 is 14.3 Å². The van der Waals surface area contributed by atoms with E-state index in [-0.39, 0.29) is 36.3 Å². The maximum absolute atomic E-state index is 12.8. The molecular formula is C19H27ClN4O4. The number of amides is 1. The Bertz CT molecular complexity index is 897. The molecule has 154 valence electrons. The molecule has 1 aliphatic heterocycles. The third-order valence-corrected chi connectivity index (χ3v) is 5.20. The molecule has 1 aromatic heterocycles. The molecule has 1 amide bonds. The fraction of sp³-hybridized carbons (Fsp3) is 0.526. The first-order valence-electron chi connectivity index (χ1n) is 9.12. The van der Waals surface area contributed by atoms with Gasteiger partial charge < -0.3 is 24.7 Å². The molecule has 0 bridgehead atoms. The van der Waals surface area contributed by atoms with Gasteiger partial charge in [0.25, 0.3) is 5.56 Å². The van der Waals surface area contributed by atoms with Crippen molar-refractivity contribution in [2.24, 2.45) is 11.8 Å². The number of carbonyl (C=O) groups excluding carboxylic acids is 1. The van der Waals surface area contributed by atoms with Gasteiger partial charge in [-0.05, 0) is 32.0 Å². The van der Waals surface area contributed by atoms with Crippen LogP contribution in [0.2, 0.25) is 0 Å². The van der Waals surface area contributed by atoms with E-state index < -0.39 is 0 Å². The summed E-state index contributed by atoms with van der Waals surface area (Å²) >= 11 is 0. The first-order valence-corrected chi connectivity index (χ1v) is 9.12. The average Bonchev–Trinajstić information content (AvgIpc) is 2.63. The lowest BCUT2D eigenvalue weighted by Crippen LogP contribution is -2.50. The summed E-state index contributed by atoms with van der Waals surface area (Å²) in [7, 11) is 3.05. The molecule has 28 heavy (non-hydrogen) atoms. The molecule has 1 aromatic carbocycles. The zero-order valence-corrected chi connectivity index (χ0v) is 17.4. The average molecular weight is 411 g/mol. The number of aromatic nitrogens is 2. The van der Waals surface area contributed by atoms with Crippen LogP contribution in [0.3, 0.4) is 0 Å². The van der Waals surface area contributed by atoms with Gasteiger partial charge in [0.05, 0.1) is 31.7 Å². The molecule has 1 saturated heterocycles. The van der Waals surface area contributed by atoms with Crippen molar-refractivity contribution in [3.05, 3.63) is 28.3 Å². The van der Waals surface area contributed by atoms with Crippen LogP contribution in [-0.2, 0) is 11.3 Å². The second kappa shape index (κ2) is 9.25. The van der Waals surface area contributed by atoms with Crippen molar-refractivity contribution in [1.29, 1.82) is 0 Å². The van der Waals surface area contributed by atoms with E-state index >= 15 is 0 Å². The normalized spacial score (nSPS) is 14.7. The Balaban J connectivity index is 0.00000280. The molecule has 2 aromatic rings. The number of ether oxygens (including phenoxy) is 2. The van der Waals surface area contributed by atoms with Gasteiger partial charge in [-0.1, -0.05) is 6.92 Å². The Morgan fingerprint density at radius 2 is 1.93 bits per heavy atom. The molecule has 9 heteroatoms. The Morgan fingerprint density at radius 1 is 1.29 bits per heavy atom. The first-order chi connectivity index (χ1) is 13.0. The number of hydrogen-bond donors (Lipinski definition) is 2. The Morgan fingerprint density at radius 3 is 2.46 bits per heavy atom. The molecule has 3 rings (SSSR count). The van der Waals surface area contributed by atoms with E-state index in [1.807, 2.05) is 13.8 Å². The largest absolute Gasteiger partial charge is 0.493 e. The number of methoxy groups -OCH3 is 2. The maximum atomic E-state index is 12.8. The van der Waals surface area contributed by atoms with E-state index in [1.54, 1.807) is 17.0 Å². The summed E-state index contributed by atoms with van der Waals surface area (Å²) in [6.45, 7) is 6.45. The van der Waals surface area contributed by atoms with Crippen molar-refractivity contribution in [2.45, 2.75) is 20.4 Å². The van der Waals surface area contributed by atoms with Crippen molar-refractivity contribution in [3.63, 3.8) is 0 Å². The zero-order valence-electron chi connectivity index (χ0n) is 16.6. The predicted molar refractivity (Wildman–Crippen MR) is 109 cm³/mol. The third-order valence-electron chi connectivity index (χ3n) is 5.20. The molecule has 1 fully saturated rings. The van der Waals surface area contributed by atoms with Crippen LogP contribution >= 0.6 is 12.4 Å². The number of aromatic amines is 1. The monoisotopic (exact) mass is 410 g/mol. The molecule has 0 radical (unpaired) electrons. The van der Waals surface area contributed by atoms with Gasteiger partial charge in [-0.2, -0.15) is 0 Å². The minimum absolute atomic E-state index is 0. The molecule has 2 N–H and O–H groups in total. The quantitative estimate of drug-likeness (QED) is 0.719. The van der Waals surface area contributed by atoms with Gasteiger partial charge in [-0.25, -0.2) is 4.98 Å². The Hall–Kier alpha value is -2.32. The molecule has 2 heterocycles. The fourth-order valence-corrected chi connectivity index (χ4v) is 3.27. The number of fused-ring (bicyclic) bond motifs is 1. The number of carbonyl (C=O) groups is 1. The summed E-state index contributed by atoms with van der Waals surface area (Å²) in [5, 5.41) is 3.62. The zero-order chi connectivity index (χ0) is 19.6. The Labute approximate surface area is 170 Å². The highest BCUT2D eigenvalue weighted by Gasteiger charge is 2.31. The van der Waals surface area contributed by atoms with Crippen LogP contribution in [0.1, 0.15) is 19.7 Å². The van der Waals surface area contributed by atoms with Crippen LogP contribution in [0.4, 0.5) is 0 Å². The third kappa shape index (κ3) is 4.23. The topological polar surface area (TPSA) is 96.6 Å². The molecule has 1 unspecified atom stereocenters. The molecular weight excluding hydrogens is 384 g/mol. The van der Waals surface area contributed by atoms with Crippen LogP contribution in [0.25, 0.3) is 10.9 Å². The van der Waals surface area contributed by atoms with Crippen LogP contribution in [0, 0.1) is 11.8 Å². The van der Waals surface area contributed by atoms with Crippen molar-refractivity contribution in [3.8, 4) is 11.5 Å². The molecule has 8 nitrogen and oxygen atoms in total. The number of nitrogens with one attached hydrogen (secondary N) is 2. The minimum atomic E-state index is -0.268. The maximum Gasteiger partial charge on any atom is 0.258 e. The highest BCUT2D eigenvalue weighted by molar-refractivity contribution is 5.85. The number of H-pyrrole nitrogens is 1. The summed E-state index contributed by atoms with van der Waals surface area (Å²) in [5.74, 6) is 1.82. The van der Waals surface area contributed by atoms with Crippen molar-refractivity contribution >= 4 is 29.2 Å². The lowest BCUT2D eigenvalue weighted by molar-refractivity contribution is -0.137. The molecule has 0 spiro atoms. The van der Waals surface area contributed by atoms with Gasteiger partial charge in [0.15, 0.2) is 11.5 Å².